The van der Waals surface area contributed by atoms with Gasteiger partial charge in [0, 0.05) is 6.61 Å². The van der Waals surface area contributed by atoms with Gasteiger partial charge in [-0.25, -0.2) is 9.59 Å². The van der Waals surface area contributed by atoms with Crippen molar-refractivity contribution in [1.82, 2.24) is 5.32 Å². The van der Waals surface area contributed by atoms with Crippen molar-refractivity contribution in [3.8, 4) is 0 Å². The number of carbonyl (C=O) groups is 2. The van der Waals surface area contributed by atoms with Crippen LogP contribution in [0.4, 0.5) is 4.79 Å². The van der Waals surface area contributed by atoms with E-state index in [2.05, 4.69) is 5.32 Å². The maximum atomic E-state index is 12.2. The molecule has 0 aromatic heterocycles. The van der Waals surface area contributed by atoms with Crippen LogP contribution in [0.2, 0.25) is 0 Å². The Balaban J connectivity index is 1.89. The van der Waals surface area contributed by atoms with Crippen LogP contribution in [0.3, 0.4) is 0 Å². The Morgan fingerprint density at radius 3 is 2.57 bits per heavy atom. The Kier molecular flexibility index (Phi) is 5.89. The molecule has 132 valence electrons. The van der Waals surface area contributed by atoms with E-state index in [9.17, 15) is 9.59 Å². The Labute approximate surface area is 138 Å². The van der Waals surface area contributed by atoms with Gasteiger partial charge in [0.2, 0.25) is 0 Å². The van der Waals surface area contributed by atoms with Crippen molar-refractivity contribution < 1.29 is 23.8 Å². The highest BCUT2D eigenvalue weighted by molar-refractivity contribution is 5.81. The molecule has 2 rings (SSSR count). The molecule has 1 aliphatic heterocycles. The predicted molar refractivity (Wildman–Crippen MR) is 85.0 cm³/mol. The zero-order chi connectivity index (χ0) is 17.0. The highest BCUT2D eigenvalue weighted by Crippen LogP contribution is 2.37. The Hall–Kier alpha value is -1.30. The van der Waals surface area contributed by atoms with Crippen LogP contribution < -0.4 is 5.32 Å². The molecule has 0 radical (unpaired) electrons. The van der Waals surface area contributed by atoms with Crippen LogP contribution in [-0.4, -0.2) is 43.0 Å². The number of nitrogens with one attached hydrogen (secondary N) is 1. The third-order valence-corrected chi connectivity index (χ3v) is 3.96. The summed E-state index contributed by atoms with van der Waals surface area (Å²) in [4.78, 5) is 24.1. The van der Waals surface area contributed by atoms with E-state index in [1.54, 1.807) is 20.8 Å². The predicted octanol–water partition coefficient (Wildman–Crippen LogP) is 2.65. The monoisotopic (exact) mass is 327 g/mol. The molecule has 1 saturated carbocycles. The number of hydrogen-bond acceptors (Lipinski definition) is 5. The van der Waals surface area contributed by atoms with Crippen LogP contribution in [0.15, 0.2) is 0 Å². The fraction of sp³-hybridized carbons (Fsp3) is 0.882. The molecule has 0 aromatic rings. The van der Waals surface area contributed by atoms with Gasteiger partial charge < -0.3 is 19.5 Å². The Bertz CT molecular complexity index is 427. The molecule has 2 aliphatic rings. The summed E-state index contributed by atoms with van der Waals surface area (Å²) in [6.07, 6.45) is 3.73. The third-order valence-electron chi connectivity index (χ3n) is 3.96. The minimum absolute atomic E-state index is 0.117. The molecular formula is C17H29NO5. The Morgan fingerprint density at radius 1 is 1.26 bits per heavy atom. The molecular weight excluding hydrogens is 298 g/mol. The zero-order valence-corrected chi connectivity index (χ0v) is 14.6. The quantitative estimate of drug-likeness (QED) is 0.807. The van der Waals surface area contributed by atoms with Gasteiger partial charge in [-0.2, -0.15) is 0 Å². The van der Waals surface area contributed by atoms with Crippen LogP contribution in [-0.2, 0) is 19.0 Å². The van der Waals surface area contributed by atoms with Crippen LogP contribution in [0.1, 0.15) is 53.4 Å². The van der Waals surface area contributed by atoms with Crippen molar-refractivity contribution in [2.24, 2.45) is 11.8 Å². The molecule has 1 amide bonds. The second kappa shape index (κ2) is 7.51. The molecule has 1 N–H and O–H groups in total. The molecule has 1 aliphatic carbocycles. The fourth-order valence-corrected chi connectivity index (χ4v) is 2.83. The smallest absolute Gasteiger partial charge is 0.408 e. The van der Waals surface area contributed by atoms with Gasteiger partial charge in [-0.1, -0.05) is 12.8 Å². The van der Waals surface area contributed by atoms with Crippen molar-refractivity contribution in [2.45, 2.75) is 71.1 Å². The highest BCUT2D eigenvalue weighted by atomic mass is 16.6. The number of cyclic esters (lactones) is 1. The largest absolute Gasteiger partial charge is 0.461 e. The summed E-state index contributed by atoms with van der Waals surface area (Å²) < 4.78 is 16.3. The van der Waals surface area contributed by atoms with Gasteiger partial charge in [-0.3, -0.25) is 0 Å². The zero-order valence-electron chi connectivity index (χ0n) is 14.6. The van der Waals surface area contributed by atoms with Crippen LogP contribution in [0, 0.1) is 11.8 Å². The van der Waals surface area contributed by atoms with Gasteiger partial charge in [0.25, 0.3) is 0 Å². The van der Waals surface area contributed by atoms with Crippen molar-refractivity contribution in [3.05, 3.63) is 0 Å². The topological polar surface area (TPSA) is 73.9 Å². The maximum absolute atomic E-state index is 12.2. The van der Waals surface area contributed by atoms with Gasteiger partial charge in [0.05, 0.1) is 12.7 Å². The molecule has 2 unspecified atom stereocenters. The summed E-state index contributed by atoms with van der Waals surface area (Å²) in [5.41, 5.74) is -0.615. The average Bonchev–Trinajstić information content (AvgIpc) is 3.17. The average molecular weight is 327 g/mol. The first-order valence-electron chi connectivity index (χ1n) is 8.50. The fourth-order valence-electron chi connectivity index (χ4n) is 2.83. The molecule has 1 heterocycles. The molecule has 3 atom stereocenters. The molecule has 0 aromatic carbocycles. The van der Waals surface area contributed by atoms with Crippen molar-refractivity contribution in [1.29, 1.82) is 0 Å². The standard InChI is InChI=1S/C17H29NO5/c1-11-7-13(8-12-5-6-12)9-21-10-14(15(19)22-11)18-16(20)23-17(2,3)4/h11-14H,5-10H2,1-4H3,(H,18,20)/t11?,13?,14-/m0/s1. The second-order valence-corrected chi connectivity index (χ2v) is 7.76. The minimum atomic E-state index is -0.827. The SMILES string of the molecule is CC1CC(CC2CC2)COC[C@H](NC(=O)OC(C)(C)C)C(=O)O1. The molecule has 0 bridgehead atoms. The number of carbonyl (C=O) groups excluding carboxylic acids is 2. The number of alkyl carbamates (subject to hydrolysis) is 1. The summed E-state index contributed by atoms with van der Waals surface area (Å²) in [5, 5.41) is 2.55. The van der Waals surface area contributed by atoms with Gasteiger partial charge in [0.1, 0.15) is 5.60 Å². The summed E-state index contributed by atoms with van der Waals surface area (Å²) in [6.45, 7) is 7.93. The van der Waals surface area contributed by atoms with Gasteiger partial charge in [-0.05, 0) is 52.4 Å². The van der Waals surface area contributed by atoms with Crippen LogP contribution in [0.25, 0.3) is 0 Å². The first kappa shape index (κ1) is 18.0. The van der Waals surface area contributed by atoms with Crippen molar-refractivity contribution >= 4 is 12.1 Å². The normalized spacial score (nSPS) is 29.7. The number of rotatable bonds is 3. The highest BCUT2D eigenvalue weighted by Gasteiger charge is 2.32. The number of amides is 1. The lowest BCUT2D eigenvalue weighted by Gasteiger charge is -2.23. The summed E-state index contributed by atoms with van der Waals surface area (Å²) in [6, 6.07) is -0.827. The maximum Gasteiger partial charge on any atom is 0.408 e. The molecule has 23 heavy (non-hydrogen) atoms. The minimum Gasteiger partial charge on any atom is -0.461 e. The summed E-state index contributed by atoms with van der Waals surface area (Å²) in [7, 11) is 0. The summed E-state index contributed by atoms with van der Waals surface area (Å²) >= 11 is 0. The summed E-state index contributed by atoms with van der Waals surface area (Å²) in [5.74, 6) is 0.754. The number of esters is 1. The van der Waals surface area contributed by atoms with E-state index in [1.807, 2.05) is 6.92 Å². The van der Waals surface area contributed by atoms with E-state index in [-0.39, 0.29) is 12.7 Å². The molecule has 6 nitrogen and oxygen atoms in total. The lowest BCUT2D eigenvalue weighted by Crippen LogP contribution is -2.47. The lowest BCUT2D eigenvalue weighted by molar-refractivity contribution is -0.151. The van der Waals surface area contributed by atoms with E-state index in [4.69, 9.17) is 14.2 Å². The molecule has 2 fully saturated rings. The van der Waals surface area contributed by atoms with Gasteiger partial charge in [0.15, 0.2) is 6.04 Å². The van der Waals surface area contributed by atoms with Gasteiger partial charge in [-0.15, -0.1) is 0 Å². The number of hydrogen-bond donors (Lipinski definition) is 1. The molecule has 0 spiro atoms. The van der Waals surface area contributed by atoms with E-state index in [1.165, 1.54) is 12.8 Å². The van der Waals surface area contributed by atoms with Gasteiger partial charge >= 0.3 is 12.1 Å². The second-order valence-electron chi connectivity index (χ2n) is 7.76. The van der Waals surface area contributed by atoms with Crippen LogP contribution in [0.5, 0.6) is 0 Å². The van der Waals surface area contributed by atoms with Crippen LogP contribution >= 0.6 is 0 Å². The van der Waals surface area contributed by atoms with E-state index in [0.29, 0.717) is 12.5 Å². The van der Waals surface area contributed by atoms with E-state index in [0.717, 1.165) is 18.8 Å². The van der Waals surface area contributed by atoms with Crippen molar-refractivity contribution in [3.63, 3.8) is 0 Å². The van der Waals surface area contributed by atoms with E-state index < -0.39 is 23.7 Å². The first-order valence-corrected chi connectivity index (χ1v) is 8.50. The van der Waals surface area contributed by atoms with Crippen molar-refractivity contribution in [2.75, 3.05) is 13.2 Å². The first-order chi connectivity index (χ1) is 10.7. The Morgan fingerprint density at radius 2 is 1.96 bits per heavy atom. The number of ether oxygens (including phenoxy) is 3. The molecule has 6 heteroatoms. The van der Waals surface area contributed by atoms with E-state index >= 15 is 0 Å². The molecule has 1 saturated heterocycles. The third kappa shape index (κ3) is 6.77. The lowest BCUT2D eigenvalue weighted by atomic mass is 9.97.